The van der Waals surface area contributed by atoms with E-state index in [1.54, 1.807) is 23.6 Å². The first-order valence-corrected chi connectivity index (χ1v) is 9.39. The Kier molecular flexibility index (Phi) is 5.41. The second kappa shape index (κ2) is 7.55. The fourth-order valence-corrected chi connectivity index (χ4v) is 3.94. The minimum absolute atomic E-state index is 0.159. The molecule has 0 saturated heterocycles. The minimum Gasteiger partial charge on any atom is -0.491 e. The number of halogens is 2. The van der Waals surface area contributed by atoms with Crippen LogP contribution in [0.25, 0.3) is 10.2 Å². The second-order valence-corrected chi connectivity index (χ2v) is 7.25. The molecule has 0 unspecified atom stereocenters. The van der Waals surface area contributed by atoms with E-state index < -0.39 is 0 Å². The highest BCUT2D eigenvalue weighted by Crippen LogP contribution is 2.36. The Morgan fingerprint density at radius 1 is 1.48 bits per heavy atom. The van der Waals surface area contributed by atoms with Gasteiger partial charge in [0.05, 0.1) is 28.5 Å². The van der Waals surface area contributed by atoms with Crippen molar-refractivity contribution >= 4 is 60.7 Å². The molecule has 1 aromatic carbocycles. The van der Waals surface area contributed by atoms with Gasteiger partial charge in [-0.3, -0.25) is 14.2 Å². The van der Waals surface area contributed by atoms with Gasteiger partial charge in [-0.15, -0.1) is 11.3 Å². The average molecular weight is 443 g/mol. The lowest BCUT2D eigenvalue weighted by atomic mass is 10.3. The molecule has 1 N–H and O–H groups in total. The van der Waals surface area contributed by atoms with Crippen molar-refractivity contribution in [3.8, 4) is 5.75 Å². The van der Waals surface area contributed by atoms with Crippen molar-refractivity contribution in [2.75, 3.05) is 11.9 Å². The summed E-state index contributed by atoms with van der Waals surface area (Å²) in [6.07, 6.45) is 1.37. The minimum atomic E-state index is -0.381. The van der Waals surface area contributed by atoms with Gasteiger partial charge >= 0.3 is 0 Å². The number of benzene rings is 1. The Morgan fingerprint density at radius 3 is 3.04 bits per heavy atom. The number of carbonyl (C=O) groups excluding carboxylic acids is 1. The van der Waals surface area contributed by atoms with E-state index in [2.05, 4.69) is 26.2 Å². The highest BCUT2D eigenvalue weighted by Gasteiger charge is 2.14. The van der Waals surface area contributed by atoms with Crippen molar-refractivity contribution in [2.45, 2.75) is 13.5 Å². The standard InChI is InChI=1S/C16H13BrClN3O3S/c1-2-24-14-11(17)5-9(18)6-12(14)20-13(22)7-21-8-19-15-10(16(21)23)3-4-25-15/h3-6,8H,2,7H2,1H3,(H,20,22). The number of hydrogen-bond acceptors (Lipinski definition) is 5. The van der Waals surface area contributed by atoms with Gasteiger partial charge in [-0.2, -0.15) is 0 Å². The first-order valence-electron chi connectivity index (χ1n) is 7.34. The van der Waals surface area contributed by atoms with Crippen LogP contribution in [0.5, 0.6) is 5.75 Å². The normalized spacial score (nSPS) is 10.8. The first-order chi connectivity index (χ1) is 12.0. The molecule has 1 amide bonds. The van der Waals surface area contributed by atoms with E-state index in [1.807, 2.05) is 6.92 Å². The molecule has 0 fully saturated rings. The number of hydrogen-bond donors (Lipinski definition) is 1. The molecule has 25 heavy (non-hydrogen) atoms. The van der Waals surface area contributed by atoms with Gasteiger partial charge in [0.2, 0.25) is 5.91 Å². The number of nitrogens with zero attached hydrogens (tertiary/aromatic N) is 2. The smallest absolute Gasteiger partial charge is 0.262 e. The van der Waals surface area contributed by atoms with E-state index in [1.165, 1.54) is 22.2 Å². The zero-order valence-corrected chi connectivity index (χ0v) is 16.2. The summed E-state index contributed by atoms with van der Waals surface area (Å²) in [5.74, 6) is 0.104. The van der Waals surface area contributed by atoms with Crippen LogP contribution >= 0.6 is 38.9 Å². The lowest BCUT2D eigenvalue weighted by Gasteiger charge is -2.14. The van der Waals surface area contributed by atoms with Crippen LogP contribution in [0.3, 0.4) is 0 Å². The quantitative estimate of drug-likeness (QED) is 0.650. The van der Waals surface area contributed by atoms with Crippen molar-refractivity contribution in [3.63, 3.8) is 0 Å². The Balaban J connectivity index is 1.85. The first kappa shape index (κ1) is 17.9. The van der Waals surface area contributed by atoms with E-state index in [0.29, 0.717) is 37.8 Å². The van der Waals surface area contributed by atoms with Crippen LogP contribution in [-0.2, 0) is 11.3 Å². The van der Waals surface area contributed by atoms with E-state index in [9.17, 15) is 9.59 Å². The maximum Gasteiger partial charge on any atom is 0.262 e. The zero-order valence-electron chi connectivity index (χ0n) is 13.1. The number of carbonyl (C=O) groups is 1. The SMILES string of the molecule is CCOc1c(Br)cc(Cl)cc1NC(=O)Cn1cnc2sccc2c1=O. The number of amides is 1. The number of nitrogens with one attached hydrogen (secondary N) is 1. The topological polar surface area (TPSA) is 73.2 Å². The van der Waals surface area contributed by atoms with Crippen LogP contribution < -0.4 is 15.6 Å². The molecular formula is C16H13BrClN3O3S. The van der Waals surface area contributed by atoms with Gasteiger partial charge in [-0.25, -0.2) is 4.98 Å². The highest BCUT2D eigenvalue weighted by molar-refractivity contribution is 9.10. The molecular weight excluding hydrogens is 430 g/mol. The third-order valence-electron chi connectivity index (χ3n) is 3.34. The summed E-state index contributed by atoms with van der Waals surface area (Å²) in [5.41, 5.74) is 0.183. The van der Waals surface area contributed by atoms with Gasteiger partial charge in [-0.1, -0.05) is 11.6 Å². The third kappa shape index (κ3) is 3.86. The monoisotopic (exact) mass is 441 g/mol. The van der Waals surface area contributed by atoms with Crippen LogP contribution in [0.15, 0.2) is 39.2 Å². The molecule has 0 bridgehead atoms. The molecule has 2 aromatic heterocycles. The van der Waals surface area contributed by atoms with Crippen molar-refractivity contribution in [2.24, 2.45) is 0 Å². The number of thiophene rings is 1. The van der Waals surface area contributed by atoms with Crippen LogP contribution in [0.4, 0.5) is 5.69 Å². The van der Waals surface area contributed by atoms with Gasteiger partial charge in [0.25, 0.3) is 5.56 Å². The van der Waals surface area contributed by atoms with E-state index in [-0.39, 0.29) is 18.0 Å². The van der Waals surface area contributed by atoms with Crippen molar-refractivity contribution in [3.05, 3.63) is 49.8 Å². The lowest BCUT2D eigenvalue weighted by molar-refractivity contribution is -0.116. The molecule has 2 heterocycles. The second-order valence-electron chi connectivity index (χ2n) is 5.06. The van der Waals surface area contributed by atoms with E-state index in [0.717, 1.165) is 0 Å². The zero-order chi connectivity index (χ0) is 18.0. The predicted octanol–water partition coefficient (Wildman–Crippen LogP) is 3.91. The number of anilines is 1. The molecule has 0 aliphatic heterocycles. The number of rotatable bonds is 5. The molecule has 0 saturated carbocycles. The van der Waals surface area contributed by atoms with Gasteiger partial charge < -0.3 is 10.1 Å². The summed E-state index contributed by atoms with van der Waals surface area (Å²) in [4.78, 5) is 29.6. The molecule has 9 heteroatoms. The summed E-state index contributed by atoms with van der Waals surface area (Å²) in [6.45, 7) is 2.11. The summed E-state index contributed by atoms with van der Waals surface area (Å²) in [6, 6.07) is 4.98. The fourth-order valence-electron chi connectivity index (χ4n) is 2.29. The molecule has 0 aliphatic rings. The average Bonchev–Trinajstić information content (AvgIpc) is 3.03. The van der Waals surface area contributed by atoms with Crippen molar-refractivity contribution in [1.82, 2.24) is 9.55 Å². The van der Waals surface area contributed by atoms with Crippen molar-refractivity contribution in [1.29, 1.82) is 0 Å². The largest absolute Gasteiger partial charge is 0.491 e. The molecule has 3 rings (SSSR count). The number of fused-ring (bicyclic) bond motifs is 1. The summed E-state index contributed by atoms with van der Waals surface area (Å²) in [7, 11) is 0. The van der Waals surface area contributed by atoms with Gasteiger partial charge in [-0.05, 0) is 46.4 Å². The highest BCUT2D eigenvalue weighted by atomic mass is 79.9. The van der Waals surface area contributed by atoms with E-state index in [4.69, 9.17) is 16.3 Å². The molecule has 3 aromatic rings. The van der Waals surface area contributed by atoms with Gasteiger partial charge in [0, 0.05) is 5.02 Å². The maximum absolute atomic E-state index is 12.4. The Morgan fingerprint density at radius 2 is 2.28 bits per heavy atom. The molecule has 0 spiro atoms. The van der Waals surface area contributed by atoms with Crippen LogP contribution in [0.1, 0.15) is 6.92 Å². The molecule has 0 aliphatic carbocycles. The molecule has 0 radical (unpaired) electrons. The summed E-state index contributed by atoms with van der Waals surface area (Å²) < 4.78 is 7.45. The Labute approximate surface area is 160 Å². The Bertz CT molecular complexity index is 1000. The van der Waals surface area contributed by atoms with Crippen LogP contribution in [0.2, 0.25) is 5.02 Å². The van der Waals surface area contributed by atoms with Crippen molar-refractivity contribution < 1.29 is 9.53 Å². The number of ether oxygens (including phenoxy) is 1. The fraction of sp³-hybridized carbons (Fsp3) is 0.188. The third-order valence-corrected chi connectivity index (χ3v) is 4.96. The van der Waals surface area contributed by atoms with Gasteiger partial charge in [0.1, 0.15) is 11.4 Å². The molecule has 0 atom stereocenters. The predicted molar refractivity (Wildman–Crippen MR) is 103 cm³/mol. The van der Waals surface area contributed by atoms with E-state index >= 15 is 0 Å². The maximum atomic E-state index is 12.4. The lowest BCUT2D eigenvalue weighted by Crippen LogP contribution is -2.27. The van der Waals surface area contributed by atoms with Crippen LogP contribution in [-0.4, -0.2) is 22.1 Å². The van der Waals surface area contributed by atoms with Crippen LogP contribution in [0, 0.1) is 0 Å². The number of aromatic nitrogens is 2. The Hall–Kier alpha value is -1.90. The summed E-state index contributed by atoms with van der Waals surface area (Å²) >= 11 is 10.8. The van der Waals surface area contributed by atoms with Gasteiger partial charge in [0.15, 0.2) is 5.75 Å². The molecule has 6 nitrogen and oxygen atoms in total. The summed E-state index contributed by atoms with van der Waals surface area (Å²) in [5, 5.41) is 5.47. The molecule has 130 valence electrons.